The van der Waals surface area contributed by atoms with Gasteiger partial charge < -0.3 is 10.2 Å². The molecule has 2 bridgehead atoms. The summed E-state index contributed by atoms with van der Waals surface area (Å²) in [6.45, 7) is 3.38. The smallest absolute Gasteiger partial charge is 0.261 e. The second-order valence-corrected chi connectivity index (χ2v) is 7.91. The lowest BCUT2D eigenvalue weighted by Gasteiger charge is -2.44. The van der Waals surface area contributed by atoms with Gasteiger partial charge in [-0.1, -0.05) is 23.7 Å². The van der Waals surface area contributed by atoms with E-state index in [2.05, 4.69) is 10.2 Å². The molecule has 0 radical (unpaired) electrons. The molecule has 5 rings (SSSR count). The molecule has 1 amide bonds. The molecule has 3 aliphatic heterocycles. The predicted octanol–water partition coefficient (Wildman–Crippen LogP) is 3.89. The first kappa shape index (κ1) is 15.2. The molecule has 1 unspecified atom stereocenters. The number of hydrogen-bond donors (Lipinski definition) is 1. The molecule has 3 nitrogen and oxygen atoms in total. The Morgan fingerprint density at radius 3 is 2.74 bits per heavy atom. The van der Waals surface area contributed by atoms with Gasteiger partial charge in [-0.2, -0.15) is 0 Å². The lowest BCUT2D eigenvalue weighted by atomic mass is 9.84. The van der Waals surface area contributed by atoms with Gasteiger partial charge in [0.2, 0.25) is 0 Å². The third kappa shape index (κ3) is 3.16. The predicted molar refractivity (Wildman–Crippen MR) is 95.2 cm³/mol. The van der Waals surface area contributed by atoms with Gasteiger partial charge in [0.25, 0.3) is 5.91 Å². The number of amides is 1. The van der Waals surface area contributed by atoms with Gasteiger partial charge >= 0.3 is 0 Å². The highest BCUT2D eigenvalue weighted by molar-refractivity contribution is 7.17. The Kier molecular flexibility index (Phi) is 4.14. The topological polar surface area (TPSA) is 32.3 Å². The Bertz CT molecular complexity index is 721. The summed E-state index contributed by atoms with van der Waals surface area (Å²) >= 11 is 7.58. The van der Waals surface area contributed by atoms with Crippen molar-refractivity contribution in [2.75, 3.05) is 19.6 Å². The maximum absolute atomic E-state index is 12.6. The van der Waals surface area contributed by atoms with Crippen molar-refractivity contribution in [1.82, 2.24) is 10.2 Å². The van der Waals surface area contributed by atoms with Crippen molar-refractivity contribution in [1.29, 1.82) is 0 Å². The monoisotopic (exact) mass is 346 g/mol. The molecule has 3 fully saturated rings. The van der Waals surface area contributed by atoms with E-state index in [9.17, 15) is 4.79 Å². The molecule has 0 saturated carbocycles. The number of thiophene rings is 1. The van der Waals surface area contributed by atoms with Crippen molar-refractivity contribution >= 4 is 28.8 Å². The lowest BCUT2D eigenvalue weighted by Crippen LogP contribution is -2.57. The molecule has 3 saturated heterocycles. The fourth-order valence-corrected chi connectivity index (χ4v) is 4.72. The van der Waals surface area contributed by atoms with E-state index in [1.807, 2.05) is 36.4 Å². The standard InChI is InChI=1S/C18H19ClN2OS/c19-14-3-1-2-13(10-14)16-4-5-17(23-16)18(22)20-15-11-21-8-6-12(15)7-9-21/h1-5,10,12,15H,6-9,11H2,(H,20,22). The van der Waals surface area contributed by atoms with Gasteiger partial charge in [-0.05, 0) is 61.7 Å². The first-order valence-corrected chi connectivity index (χ1v) is 9.27. The Hall–Kier alpha value is -1.36. The highest BCUT2D eigenvalue weighted by atomic mass is 35.5. The lowest BCUT2D eigenvalue weighted by molar-refractivity contribution is 0.0622. The van der Waals surface area contributed by atoms with Crippen LogP contribution in [0.1, 0.15) is 22.5 Å². The highest BCUT2D eigenvalue weighted by Crippen LogP contribution is 2.31. The van der Waals surface area contributed by atoms with Crippen LogP contribution in [-0.4, -0.2) is 36.5 Å². The Labute approximate surface area is 145 Å². The number of carbonyl (C=O) groups is 1. The third-order valence-electron chi connectivity index (χ3n) is 4.91. The SMILES string of the molecule is O=C(NC1CN2CCC1CC2)c1ccc(-c2cccc(Cl)c2)s1. The molecule has 4 heterocycles. The van der Waals surface area contributed by atoms with E-state index >= 15 is 0 Å². The van der Waals surface area contributed by atoms with Gasteiger partial charge in [-0.3, -0.25) is 4.79 Å². The van der Waals surface area contributed by atoms with Crippen LogP contribution < -0.4 is 5.32 Å². The first-order valence-electron chi connectivity index (χ1n) is 8.08. The van der Waals surface area contributed by atoms with Crippen LogP contribution in [0.15, 0.2) is 36.4 Å². The Morgan fingerprint density at radius 1 is 1.22 bits per heavy atom. The number of nitrogens with one attached hydrogen (secondary N) is 1. The van der Waals surface area contributed by atoms with Gasteiger partial charge in [-0.15, -0.1) is 11.3 Å². The summed E-state index contributed by atoms with van der Waals surface area (Å²) in [5.74, 6) is 0.707. The Morgan fingerprint density at radius 2 is 2.04 bits per heavy atom. The molecule has 1 atom stereocenters. The van der Waals surface area contributed by atoms with Gasteiger partial charge in [0.05, 0.1) is 4.88 Å². The largest absolute Gasteiger partial charge is 0.347 e. The summed E-state index contributed by atoms with van der Waals surface area (Å²) in [5, 5.41) is 3.96. The molecule has 23 heavy (non-hydrogen) atoms. The summed E-state index contributed by atoms with van der Waals surface area (Å²) in [6.07, 6.45) is 2.42. The second kappa shape index (κ2) is 6.27. The van der Waals surface area contributed by atoms with Crippen LogP contribution in [0.3, 0.4) is 0 Å². The summed E-state index contributed by atoms with van der Waals surface area (Å²) < 4.78 is 0. The summed E-state index contributed by atoms with van der Waals surface area (Å²) in [4.78, 5) is 16.9. The second-order valence-electron chi connectivity index (χ2n) is 6.39. The van der Waals surface area contributed by atoms with Crippen LogP contribution in [0.25, 0.3) is 10.4 Å². The van der Waals surface area contributed by atoms with Crippen molar-refractivity contribution in [3.63, 3.8) is 0 Å². The van der Waals surface area contributed by atoms with Crippen molar-refractivity contribution in [3.8, 4) is 10.4 Å². The fourth-order valence-electron chi connectivity index (χ4n) is 3.62. The van der Waals surface area contributed by atoms with E-state index in [4.69, 9.17) is 11.6 Å². The molecule has 5 heteroatoms. The molecule has 0 aliphatic carbocycles. The van der Waals surface area contributed by atoms with Crippen LogP contribution >= 0.6 is 22.9 Å². The molecule has 3 aliphatic rings. The van der Waals surface area contributed by atoms with Gasteiger partial charge in [-0.25, -0.2) is 0 Å². The average Bonchev–Trinajstić information content (AvgIpc) is 3.06. The highest BCUT2D eigenvalue weighted by Gasteiger charge is 2.35. The molecule has 2 aromatic rings. The van der Waals surface area contributed by atoms with Crippen LogP contribution in [0.5, 0.6) is 0 Å². The number of benzene rings is 1. The van der Waals surface area contributed by atoms with E-state index in [-0.39, 0.29) is 5.91 Å². The zero-order chi connectivity index (χ0) is 15.8. The zero-order valence-electron chi connectivity index (χ0n) is 12.8. The van der Waals surface area contributed by atoms with Gasteiger partial charge in [0.1, 0.15) is 0 Å². The number of hydrogen-bond acceptors (Lipinski definition) is 3. The Balaban J connectivity index is 1.47. The minimum atomic E-state index is 0.0574. The van der Waals surface area contributed by atoms with Crippen LogP contribution in [0, 0.1) is 5.92 Å². The molecular weight excluding hydrogens is 328 g/mol. The third-order valence-corrected chi connectivity index (χ3v) is 6.28. The van der Waals surface area contributed by atoms with Crippen LogP contribution in [0.2, 0.25) is 5.02 Å². The summed E-state index contributed by atoms with van der Waals surface area (Å²) in [5.41, 5.74) is 1.06. The van der Waals surface area contributed by atoms with E-state index in [1.165, 1.54) is 37.3 Å². The number of halogens is 1. The number of nitrogens with zero attached hydrogens (tertiary/aromatic N) is 1. The van der Waals surface area contributed by atoms with Gasteiger partial charge in [0, 0.05) is 22.5 Å². The van der Waals surface area contributed by atoms with Crippen LogP contribution in [-0.2, 0) is 0 Å². The van der Waals surface area contributed by atoms with Gasteiger partial charge in [0.15, 0.2) is 0 Å². The zero-order valence-corrected chi connectivity index (χ0v) is 14.4. The van der Waals surface area contributed by atoms with Crippen LogP contribution in [0.4, 0.5) is 0 Å². The molecule has 0 spiro atoms. The quantitative estimate of drug-likeness (QED) is 0.914. The van der Waals surface area contributed by atoms with E-state index in [0.29, 0.717) is 17.0 Å². The molecule has 1 aromatic heterocycles. The minimum absolute atomic E-state index is 0.0574. The number of fused-ring (bicyclic) bond motifs is 3. The van der Waals surface area contributed by atoms with Crippen molar-refractivity contribution in [2.45, 2.75) is 18.9 Å². The number of piperidine rings is 3. The van der Waals surface area contributed by atoms with Crippen molar-refractivity contribution < 1.29 is 4.79 Å². The summed E-state index contributed by atoms with van der Waals surface area (Å²) in [7, 11) is 0. The normalized spacial score (nSPS) is 26.2. The summed E-state index contributed by atoms with van der Waals surface area (Å²) in [6, 6.07) is 12.0. The van der Waals surface area contributed by atoms with E-state index in [0.717, 1.165) is 21.9 Å². The molecule has 120 valence electrons. The maximum Gasteiger partial charge on any atom is 0.261 e. The fraction of sp³-hybridized carbons (Fsp3) is 0.389. The van der Waals surface area contributed by atoms with E-state index in [1.54, 1.807) is 0 Å². The number of rotatable bonds is 3. The van der Waals surface area contributed by atoms with Crippen molar-refractivity contribution in [3.05, 3.63) is 46.3 Å². The first-order chi connectivity index (χ1) is 11.2. The molecular formula is C18H19ClN2OS. The minimum Gasteiger partial charge on any atom is -0.347 e. The number of carbonyl (C=O) groups excluding carboxylic acids is 1. The average molecular weight is 347 g/mol. The maximum atomic E-state index is 12.6. The van der Waals surface area contributed by atoms with Crippen molar-refractivity contribution in [2.24, 2.45) is 5.92 Å². The molecule has 1 aromatic carbocycles. The molecule has 1 N–H and O–H groups in total. The van der Waals surface area contributed by atoms with E-state index < -0.39 is 0 Å².